The Labute approximate surface area is 213 Å². The summed E-state index contributed by atoms with van der Waals surface area (Å²) in [4.78, 5) is 51.5. The van der Waals surface area contributed by atoms with Crippen molar-refractivity contribution in [3.8, 4) is 11.1 Å². The van der Waals surface area contributed by atoms with Crippen LogP contribution < -0.4 is 10.6 Å². The zero-order valence-corrected chi connectivity index (χ0v) is 21.6. The number of nitrogens with zero attached hydrogens (tertiary/aromatic N) is 1. The molecule has 0 spiro atoms. The number of hydrogen-bond acceptors (Lipinski definition) is 4. The van der Waals surface area contributed by atoms with Crippen molar-refractivity contribution in [1.82, 2.24) is 15.5 Å². The zero-order chi connectivity index (χ0) is 26.2. The van der Waals surface area contributed by atoms with Crippen LogP contribution in [0.3, 0.4) is 0 Å². The second kappa shape index (κ2) is 12.5. The molecule has 0 aliphatic carbocycles. The Bertz CT molecular complexity index is 1060. The Morgan fingerprint density at radius 2 is 1.58 bits per heavy atom. The number of benzene rings is 2. The molecule has 1 saturated heterocycles. The lowest BCUT2D eigenvalue weighted by atomic mass is 9.99. The van der Waals surface area contributed by atoms with Gasteiger partial charge in [0.2, 0.25) is 11.8 Å². The molecule has 3 atom stereocenters. The number of carbonyl (C=O) groups excluding carboxylic acids is 4. The molecule has 1 aliphatic rings. The average molecular weight is 492 g/mol. The van der Waals surface area contributed by atoms with E-state index in [1.807, 2.05) is 26.0 Å². The number of aldehydes is 1. The minimum Gasteiger partial charge on any atom is -0.345 e. The Morgan fingerprint density at radius 3 is 2.14 bits per heavy atom. The van der Waals surface area contributed by atoms with Crippen LogP contribution in [0.25, 0.3) is 11.1 Å². The van der Waals surface area contributed by atoms with Gasteiger partial charge in [-0.1, -0.05) is 63.6 Å². The molecule has 36 heavy (non-hydrogen) atoms. The van der Waals surface area contributed by atoms with Crippen molar-refractivity contribution in [1.29, 1.82) is 0 Å². The van der Waals surface area contributed by atoms with Gasteiger partial charge in [0.25, 0.3) is 5.91 Å². The van der Waals surface area contributed by atoms with Crippen molar-refractivity contribution in [2.75, 3.05) is 6.54 Å². The highest BCUT2D eigenvalue weighted by Crippen LogP contribution is 2.23. The van der Waals surface area contributed by atoms with Crippen molar-refractivity contribution in [2.45, 2.75) is 71.5 Å². The summed E-state index contributed by atoms with van der Waals surface area (Å²) in [6.07, 6.45) is 4.04. The van der Waals surface area contributed by atoms with E-state index in [0.717, 1.165) is 24.0 Å². The van der Waals surface area contributed by atoms with Gasteiger partial charge in [-0.3, -0.25) is 14.4 Å². The first-order chi connectivity index (χ1) is 17.2. The van der Waals surface area contributed by atoms with Crippen LogP contribution in [0.4, 0.5) is 0 Å². The van der Waals surface area contributed by atoms with Crippen molar-refractivity contribution in [3.05, 3.63) is 59.7 Å². The second-order valence-corrected chi connectivity index (χ2v) is 9.84. The topological polar surface area (TPSA) is 95.6 Å². The van der Waals surface area contributed by atoms with Crippen molar-refractivity contribution >= 4 is 24.0 Å². The molecule has 0 radical (unpaired) electrons. The molecule has 3 amide bonds. The summed E-state index contributed by atoms with van der Waals surface area (Å²) in [5.74, 6) is -1.12. The number of nitrogens with one attached hydrogen (secondary N) is 2. The predicted molar refractivity (Wildman–Crippen MR) is 140 cm³/mol. The quantitative estimate of drug-likeness (QED) is 0.495. The number of amides is 3. The van der Waals surface area contributed by atoms with Crippen LogP contribution in [0.1, 0.15) is 62.9 Å². The van der Waals surface area contributed by atoms with Crippen molar-refractivity contribution in [2.24, 2.45) is 5.92 Å². The molecule has 2 aromatic rings. The van der Waals surface area contributed by atoms with Gasteiger partial charge in [-0.2, -0.15) is 0 Å². The largest absolute Gasteiger partial charge is 0.345 e. The van der Waals surface area contributed by atoms with Crippen LogP contribution in [0, 0.1) is 5.92 Å². The molecule has 0 aromatic heterocycles. The number of likely N-dealkylation sites (tertiary alicyclic amines) is 1. The minimum absolute atomic E-state index is 0.166. The minimum atomic E-state index is -0.764. The van der Waals surface area contributed by atoms with E-state index < -0.39 is 18.1 Å². The first kappa shape index (κ1) is 27.1. The van der Waals surface area contributed by atoms with Crippen LogP contribution in [0.5, 0.6) is 0 Å². The van der Waals surface area contributed by atoms with E-state index in [1.165, 1.54) is 10.5 Å². The zero-order valence-electron chi connectivity index (χ0n) is 21.6. The molecule has 2 N–H and O–H groups in total. The third-order valence-electron chi connectivity index (χ3n) is 6.60. The fourth-order valence-corrected chi connectivity index (χ4v) is 4.54. The molecule has 3 rings (SSSR count). The van der Waals surface area contributed by atoms with E-state index in [2.05, 4.69) is 41.8 Å². The molecule has 1 heterocycles. The highest BCUT2D eigenvalue weighted by Gasteiger charge is 2.38. The summed E-state index contributed by atoms with van der Waals surface area (Å²) in [7, 11) is 0. The van der Waals surface area contributed by atoms with E-state index in [1.54, 1.807) is 19.1 Å². The lowest BCUT2D eigenvalue weighted by Gasteiger charge is -2.30. The first-order valence-electron chi connectivity index (χ1n) is 12.8. The van der Waals surface area contributed by atoms with Gasteiger partial charge in [-0.25, -0.2) is 0 Å². The summed E-state index contributed by atoms with van der Waals surface area (Å²) in [5.41, 5.74) is 3.87. The SMILES string of the molecule is CCCc1ccc(-c2ccc(C(=O)NC(C(=O)N3CCC[C@H]3C(=O)N[C@@H](C)C=O)C(C)C)cc2)cc1. The highest BCUT2D eigenvalue weighted by atomic mass is 16.2. The van der Waals surface area contributed by atoms with Crippen molar-refractivity contribution < 1.29 is 19.2 Å². The third kappa shape index (κ3) is 6.59. The van der Waals surface area contributed by atoms with E-state index in [0.29, 0.717) is 31.2 Å². The van der Waals surface area contributed by atoms with Gasteiger partial charge in [0.1, 0.15) is 18.4 Å². The predicted octanol–water partition coefficient (Wildman–Crippen LogP) is 3.76. The molecular formula is C29H37N3O4. The maximum atomic E-state index is 13.4. The summed E-state index contributed by atoms with van der Waals surface area (Å²) in [6, 6.07) is 13.8. The Kier molecular flexibility index (Phi) is 9.39. The molecule has 1 unspecified atom stereocenters. The van der Waals surface area contributed by atoms with Crippen LogP contribution >= 0.6 is 0 Å². The number of carbonyl (C=O) groups is 4. The van der Waals surface area contributed by atoms with Gasteiger partial charge in [0.15, 0.2) is 0 Å². The van der Waals surface area contributed by atoms with E-state index in [-0.39, 0.29) is 23.6 Å². The summed E-state index contributed by atoms with van der Waals surface area (Å²) in [6.45, 7) is 7.93. The van der Waals surface area contributed by atoms with Crippen LogP contribution in [-0.4, -0.2) is 53.6 Å². The van der Waals surface area contributed by atoms with Crippen LogP contribution in [-0.2, 0) is 20.8 Å². The van der Waals surface area contributed by atoms with Gasteiger partial charge in [0.05, 0.1) is 6.04 Å². The average Bonchev–Trinajstić information content (AvgIpc) is 3.37. The third-order valence-corrected chi connectivity index (χ3v) is 6.60. The standard InChI is InChI=1S/C29H37N3O4/c1-5-7-21-9-11-22(12-10-21)23-13-15-24(16-14-23)27(34)31-26(19(2)3)29(36)32-17-6-8-25(32)28(35)30-20(4)18-33/h9-16,18-20,25-26H,5-8,17H2,1-4H3,(H,30,35)(H,31,34)/t20-,25-,26?/m0/s1. The van der Waals surface area contributed by atoms with Gasteiger partial charge in [0, 0.05) is 12.1 Å². The lowest BCUT2D eigenvalue weighted by Crippen LogP contribution is -2.55. The van der Waals surface area contributed by atoms with Crippen LogP contribution in [0.2, 0.25) is 0 Å². The normalized spacial score (nSPS) is 16.9. The maximum Gasteiger partial charge on any atom is 0.251 e. The Hall–Kier alpha value is -3.48. The van der Waals surface area contributed by atoms with Crippen LogP contribution in [0.15, 0.2) is 48.5 Å². The van der Waals surface area contributed by atoms with Gasteiger partial charge < -0.3 is 20.3 Å². The molecule has 192 valence electrons. The molecular weight excluding hydrogens is 454 g/mol. The second-order valence-electron chi connectivity index (χ2n) is 9.84. The van der Waals surface area contributed by atoms with Crippen molar-refractivity contribution in [3.63, 3.8) is 0 Å². The number of rotatable bonds is 10. The monoisotopic (exact) mass is 491 g/mol. The molecule has 2 aromatic carbocycles. The molecule has 0 bridgehead atoms. The van der Waals surface area contributed by atoms with E-state index in [4.69, 9.17) is 0 Å². The first-order valence-corrected chi connectivity index (χ1v) is 12.8. The number of hydrogen-bond donors (Lipinski definition) is 2. The maximum absolute atomic E-state index is 13.4. The Morgan fingerprint density at radius 1 is 0.972 bits per heavy atom. The molecule has 0 saturated carbocycles. The van der Waals surface area contributed by atoms with Gasteiger partial charge >= 0.3 is 0 Å². The Balaban J connectivity index is 1.69. The van der Waals surface area contributed by atoms with E-state index in [9.17, 15) is 19.2 Å². The molecule has 7 nitrogen and oxygen atoms in total. The fourth-order valence-electron chi connectivity index (χ4n) is 4.54. The van der Waals surface area contributed by atoms with E-state index >= 15 is 0 Å². The number of aryl methyl sites for hydroxylation is 1. The lowest BCUT2D eigenvalue weighted by molar-refractivity contribution is -0.141. The summed E-state index contributed by atoms with van der Waals surface area (Å²) < 4.78 is 0. The molecule has 1 aliphatic heterocycles. The fraction of sp³-hybridized carbons (Fsp3) is 0.448. The smallest absolute Gasteiger partial charge is 0.251 e. The van der Waals surface area contributed by atoms with Gasteiger partial charge in [-0.15, -0.1) is 0 Å². The molecule has 1 fully saturated rings. The highest BCUT2D eigenvalue weighted by molar-refractivity contribution is 5.99. The molecule has 7 heteroatoms. The summed E-state index contributed by atoms with van der Waals surface area (Å²) in [5, 5.41) is 5.51. The van der Waals surface area contributed by atoms with Gasteiger partial charge in [-0.05, 0) is 60.9 Å². The summed E-state index contributed by atoms with van der Waals surface area (Å²) >= 11 is 0.